The van der Waals surface area contributed by atoms with Crippen LogP contribution in [-0.2, 0) is 6.61 Å². The van der Waals surface area contributed by atoms with E-state index in [0.29, 0.717) is 23.8 Å². The molecule has 6 heteroatoms. The highest BCUT2D eigenvalue weighted by molar-refractivity contribution is 5.97. The van der Waals surface area contributed by atoms with Gasteiger partial charge in [-0.05, 0) is 72.0 Å². The topological polar surface area (TPSA) is 59.9 Å². The molecule has 0 atom stereocenters. The van der Waals surface area contributed by atoms with Gasteiger partial charge in [0.25, 0.3) is 5.91 Å². The summed E-state index contributed by atoms with van der Waals surface area (Å²) in [5.41, 5.74) is 4.52. The van der Waals surface area contributed by atoms with E-state index in [1.807, 2.05) is 24.3 Å². The van der Waals surface area contributed by atoms with E-state index in [-0.39, 0.29) is 18.3 Å². The van der Waals surface area contributed by atoms with Crippen molar-refractivity contribution in [3.05, 3.63) is 95.3 Å². The van der Waals surface area contributed by atoms with E-state index < -0.39 is 0 Å². The van der Waals surface area contributed by atoms with E-state index in [4.69, 9.17) is 9.47 Å². The molecule has 3 aromatic rings. The molecule has 0 aromatic heterocycles. The summed E-state index contributed by atoms with van der Waals surface area (Å²) in [4.78, 5) is 12.6. The van der Waals surface area contributed by atoms with Gasteiger partial charge in [0.05, 0.1) is 18.4 Å². The van der Waals surface area contributed by atoms with E-state index in [2.05, 4.69) is 24.4 Å². The van der Waals surface area contributed by atoms with Crippen LogP contribution in [0.15, 0.2) is 77.9 Å². The van der Waals surface area contributed by atoms with Crippen LogP contribution in [0.4, 0.5) is 4.39 Å². The average molecular weight is 435 g/mol. The number of hydrazone groups is 1. The van der Waals surface area contributed by atoms with Crippen molar-refractivity contribution in [3.8, 4) is 11.5 Å². The van der Waals surface area contributed by atoms with Gasteiger partial charge in [0, 0.05) is 0 Å². The maximum absolute atomic E-state index is 13.0. The minimum absolute atomic E-state index is 0.222. The molecule has 166 valence electrons. The molecule has 1 N–H and O–H groups in total. The lowest BCUT2D eigenvalue weighted by molar-refractivity contribution is 0.0950. The van der Waals surface area contributed by atoms with Gasteiger partial charge in [0.15, 0.2) is 0 Å². The van der Waals surface area contributed by atoms with Crippen molar-refractivity contribution in [1.29, 1.82) is 0 Å². The summed E-state index contributed by atoms with van der Waals surface area (Å²) >= 11 is 0. The molecule has 0 saturated carbocycles. The summed E-state index contributed by atoms with van der Waals surface area (Å²) in [5.74, 6) is 1.14. The molecule has 32 heavy (non-hydrogen) atoms. The summed E-state index contributed by atoms with van der Waals surface area (Å²) in [6.45, 7) is 5.23. The fraction of sp³-hybridized carbons (Fsp3) is 0.231. The molecule has 3 aromatic carbocycles. The Bertz CT molecular complexity index is 1030. The minimum Gasteiger partial charge on any atom is -0.494 e. The number of nitrogens with zero attached hydrogens (tertiary/aromatic N) is 1. The molecular formula is C26H27FN2O3. The van der Waals surface area contributed by atoms with Crippen molar-refractivity contribution in [3.63, 3.8) is 0 Å². The van der Waals surface area contributed by atoms with Crippen LogP contribution in [0.25, 0.3) is 0 Å². The molecule has 0 bridgehead atoms. The molecule has 3 rings (SSSR count). The largest absolute Gasteiger partial charge is 0.494 e. The fourth-order valence-corrected chi connectivity index (χ4v) is 2.81. The van der Waals surface area contributed by atoms with E-state index >= 15 is 0 Å². The van der Waals surface area contributed by atoms with Crippen molar-refractivity contribution >= 4 is 12.1 Å². The first-order valence-corrected chi connectivity index (χ1v) is 10.5. The summed E-state index contributed by atoms with van der Waals surface area (Å²) in [6, 6.07) is 20.4. The van der Waals surface area contributed by atoms with Gasteiger partial charge in [-0.3, -0.25) is 4.79 Å². The second-order valence-electron chi connectivity index (χ2n) is 7.71. The number of benzene rings is 3. The Morgan fingerprint density at radius 2 is 1.72 bits per heavy atom. The Kier molecular flexibility index (Phi) is 8.37. The van der Waals surface area contributed by atoms with Crippen molar-refractivity contribution in [2.75, 3.05) is 6.61 Å². The first kappa shape index (κ1) is 23.0. The van der Waals surface area contributed by atoms with Crippen LogP contribution >= 0.6 is 0 Å². The van der Waals surface area contributed by atoms with Crippen LogP contribution in [-0.4, -0.2) is 18.7 Å². The lowest BCUT2D eigenvalue weighted by atomic mass is 10.1. The molecule has 0 aliphatic rings. The number of rotatable bonds is 10. The zero-order valence-corrected chi connectivity index (χ0v) is 18.3. The first-order chi connectivity index (χ1) is 15.5. The molecule has 0 unspecified atom stereocenters. The highest BCUT2D eigenvalue weighted by Crippen LogP contribution is 2.19. The predicted molar refractivity (Wildman–Crippen MR) is 124 cm³/mol. The van der Waals surface area contributed by atoms with Crippen LogP contribution in [0.2, 0.25) is 0 Å². The lowest BCUT2D eigenvalue weighted by Crippen LogP contribution is -2.18. The highest BCUT2D eigenvalue weighted by atomic mass is 19.1. The number of para-hydroxylation sites is 1. The van der Waals surface area contributed by atoms with E-state index in [1.165, 1.54) is 12.1 Å². The Morgan fingerprint density at radius 1 is 1.00 bits per heavy atom. The normalized spacial score (nSPS) is 11.0. The van der Waals surface area contributed by atoms with Gasteiger partial charge in [-0.1, -0.05) is 38.1 Å². The molecule has 5 nitrogen and oxygen atoms in total. The number of carbonyl (C=O) groups excluding carboxylic acids is 1. The predicted octanol–water partition coefficient (Wildman–Crippen LogP) is 5.59. The summed E-state index contributed by atoms with van der Waals surface area (Å²) < 4.78 is 24.5. The standard InChI is InChI=1S/C26H27FN2O3/c1-19(2)15-16-31-23-13-9-20(10-14-23)17-28-29-26(30)24-5-3-4-6-25(24)32-18-21-7-11-22(27)12-8-21/h3-14,17,19H,15-16,18H2,1-2H3,(H,29,30)/b28-17+. The molecule has 0 fully saturated rings. The van der Waals surface area contributed by atoms with Gasteiger partial charge in [-0.25, -0.2) is 9.82 Å². The molecule has 0 aliphatic heterocycles. The maximum Gasteiger partial charge on any atom is 0.275 e. The zero-order chi connectivity index (χ0) is 22.8. The van der Waals surface area contributed by atoms with Crippen LogP contribution in [0.1, 0.15) is 41.8 Å². The number of amides is 1. The van der Waals surface area contributed by atoms with Gasteiger partial charge < -0.3 is 9.47 Å². The number of carbonyl (C=O) groups is 1. The molecule has 0 radical (unpaired) electrons. The average Bonchev–Trinajstić information content (AvgIpc) is 2.79. The second-order valence-corrected chi connectivity index (χ2v) is 7.71. The molecule has 0 aliphatic carbocycles. The number of ether oxygens (including phenoxy) is 2. The Hall–Kier alpha value is -3.67. The number of halogens is 1. The van der Waals surface area contributed by atoms with Gasteiger partial charge in [-0.15, -0.1) is 0 Å². The smallest absolute Gasteiger partial charge is 0.275 e. The van der Waals surface area contributed by atoms with E-state index in [0.717, 1.165) is 23.3 Å². The highest BCUT2D eigenvalue weighted by Gasteiger charge is 2.11. The van der Waals surface area contributed by atoms with E-state index in [9.17, 15) is 9.18 Å². The van der Waals surface area contributed by atoms with E-state index in [1.54, 1.807) is 42.6 Å². The lowest BCUT2D eigenvalue weighted by Gasteiger charge is -2.10. The molecular weight excluding hydrogens is 407 g/mol. The third kappa shape index (κ3) is 7.23. The Labute approximate surface area is 187 Å². The van der Waals surface area contributed by atoms with Crippen molar-refractivity contribution in [2.45, 2.75) is 26.9 Å². The second kappa shape index (κ2) is 11.6. The van der Waals surface area contributed by atoms with Crippen LogP contribution in [0, 0.1) is 11.7 Å². The monoisotopic (exact) mass is 434 g/mol. The fourth-order valence-electron chi connectivity index (χ4n) is 2.81. The van der Waals surface area contributed by atoms with Gasteiger partial charge in [0.2, 0.25) is 0 Å². The molecule has 0 heterocycles. The third-order valence-electron chi connectivity index (χ3n) is 4.66. The quantitative estimate of drug-likeness (QED) is 0.334. The minimum atomic E-state index is -0.385. The maximum atomic E-state index is 13.0. The SMILES string of the molecule is CC(C)CCOc1ccc(/C=N/NC(=O)c2ccccc2OCc2ccc(F)cc2)cc1. The van der Waals surface area contributed by atoms with Crippen LogP contribution in [0.3, 0.4) is 0 Å². The van der Waals surface area contributed by atoms with Crippen LogP contribution in [0.5, 0.6) is 11.5 Å². The third-order valence-corrected chi connectivity index (χ3v) is 4.66. The van der Waals surface area contributed by atoms with Gasteiger partial charge >= 0.3 is 0 Å². The summed E-state index contributed by atoms with van der Waals surface area (Å²) in [7, 11) is 0. The van der Waals surface area contributed by atoms with Crippen LogP contribution < -0.4 is 14.9 Å². The molecule has 0 saturated heterocycles. The van der Waals surface area contributed by atoms with Crippen molar-refractivity contribution in [1.82, 2.24) is 5.43 Å². The summed E-state index contributed by atoms with van der Waals surface area (Å²) in [6.07, 6.45) is 2.57. The Morgan fingerprint density at radius 3 is 2.44 bits per heavy atom. The van der Waals surface area contributed by atoms with Crippen molar-refractivity contribution in [2.24, 2.45) is 11.0 Å². The number of hydrogen-bond acceptors (Lipinski definition) is 4. The van der Waals surface area contributed by atoms with Gasteiger partial charge in [0.1, 0.15) is 23.9 Å². The Balaban J connectivity index is 1.54. The van der Waals surface area contributed by atoms with Gasteiger partial charge in [-0.2, -0.15) is 5.10 Å². The molecule has 1 amide bonds. The van der Waals surface area contributed by atoms with Crippen molar-refractivity contribution < 1.29 is 18.7 Å². The number of hydrogen-bond donors (Lipinski definition) is 1. The molecule has 0 spiro atoms. The first-order valence-electron chi connectivity index (χ1n) is 10.5. The zero-order valence-electron chi connectivity index (χ0n) is 18.3. The summed E-state index contributed by atoms with van der Waals surface area (Å²) in [5, 5.41) is 4.04. The number of nitrogens with one attached hydrogen (secondary N) is 1.